The summed E-state index contributed by atoms with van der Waals surface area (Å²) in [7, 11) is 1.52. The van der Waals surface area contributed by atoms with E-state index in [1.54, 1.807) is 18.2 Å². The van der Waals surface area contributed by atoms with Gasteiger partial charge in [-0.3, -0.25) is 4.79 Å². The number of anilines is 1. The minimum Gasteiger partial charge on any atom is -0.495 e. The van der Waals surface area contributed by atoms with Crippen molar-refractivity contribution < 1.29 is 14.6 Å². The van der Waals surface area contributed by atoms with Crippen LogP contribution in [0.2, 0.25) is 0 Å². The molecule has 2 atom stereocenters. The summed E-state index contributed by atoms with van der Waals surface area (Å²) in [5.74, 6) is 0.793. The number of hydrogen-bond donors (Lipinski definition) is 3. The number of aliphatic hydroxyl groups is 1. The molecular weight excluding hydrogens is 268 g/mol. The highest BCUT2D eigenvalue weighted by atomic mass is 16.5. The summed E-state index contributed by atoms with van der Waals surface area (Å²) in [5, 5.41) is 12.8. The molecule has 2 unspecified atom stereocenters. The van der Waals surface area contributed by atoms with E-state index in [0.717, 1.165) is 25.7 Å². The summed E-state index contributed by atoms with van der Waals surface area (Å²) in [6.07, 6.45) is 3.79. The Morgan fingerprint density at radius 2 is 2.33 bits per heavy atom. The molecule has 1 aromatic rings. The summed E-state index contributed by atoms with van der Waals surface area (Å²) in [6, 6.07) is 4.95. The zero-order valence-electron chi connectivity index (χ0n) is 12.7. The Bertz CT molecular complexity index is 518. The minimum absolute atomic E-state index is 0.0326. The van der Waals surface area contributed by atoms with Crippen molar-refractivity contribution in [2.45, 2.75) is 38.1 Å². The van der Waals surface area contributed by atoms with Crippen LogP contribution in [-0.4, -0.2) is 30.3 Å². The molecule has 1 amide bonds. The summed E-state index contributed by atoms with van der Waals surface area (Å²) in [5.41, 5.74) is 6.24. The van der Waals surface area contributed by atoms with Crippen LogP contribution in [0.1, 0.15) is 43.0 Å². The van der Waals surface area contributed by atoms with E-state index >= 15 is 0 Å². The van der Waals surface area contributed by atoms with Crippen LogP contribution >= 0.6 is 0 Å². The van der Waals surface area contributed by atoms with E-state index in [1.165, 1.54) is 7.11 Å². The maximum atomic E-state index is 12.4. The van der Waals surface area contributed by atoms with Crippen LogP contribution < -0.4 is 15.8 Å². The largest absolute Gasteiger partial charge is 0.495 e. The lowest BCUT2D eigenvalue weighted by atomic mass is 9.76. The number of carbonyl (C=O) groups excluding carboxylic acids is 1. The van der Waals surface area contributed by atoms with Crippen LogP contribution in [0, 0.1) is 5.92 Å². The molecule has 0 saturated heterocycles. The van der Waals surface area contributed by atoms with E-state index in [1.807, 2.05) is 0 Å². The van der Waals surface area contributed by atoms with Gasteiger partial charge in [0.05, 0.1) is 24.9 Å². The number of aliphatic hydroxyl groups excluding tert-OH is 1. The van der Waals surface area contributed by atoms with Crippen molar-refractivity contribution in [1.82, 2.24) is 5.32 Å². The van der Waals surface area contributed by atoms with Crippen molar-refractivity contribution >= 4 is 11.6 Å². The third kappa shape index (κ3) is 3.47. The molecular formula is C16H24N2O3. The summed E-state index contributed by atoms with van der Waals surface area (Å²) in [6.45, 7) is 2.12. The molecule has 1 aliphatic carbocycles. The number of hydrogen-bond acceptors (Lipinski definition) is 4. The molecule has 1 aromatic carbocycles. The maximum absolute atomic E-state index is 12.4. The Kier molecular flexibility index (Phi) is 4.73. The van der Waals surface area contributed by atoms with Gasteiger partial charge in [-0.05, 0) is 37.0 Å². The van der Waals surface area contributed by atoms with Gasteiger partial charge >= 0.3 is 0 Å². The number of benzene rings is 1. The standard InChI is InChI=1S/C16H24N2O3/c1-11-4-3-7-16(9-11,10-19)18-15(20)12-5-6-13(17)14(8-12)21-2/h5-6,8,11,19H,3-4,7,9-10,17H2,1-2H3,(H,18,20). The number of methoxy groups -OCH3 is 1. The van der Waals surface area contributed by atoms with Gasteiger partial charge in [-0.2, -0.15) is 0 Å². The van der Waals surface area contributed by atoms with Gasteiger partial charge in [0.1, 0.15) is 5.75 Å². The summed E-state index contributed by atoms with van der Waals surface area (Å²) in [4.78, 5) is 12.4. The maximum Gasteiger partial charge on any atom is 0.251 e. The van der Waals surface area contributed by atoms with E-state index in [9.17, 15) is 9.90 Å². The molecule has 0 aromatic heterocycles. The van der Waals surface area contributed by atoms with Gasteiger partial charge < -0.3 is 20.9 Å². The number of rotatable bonds is 4. The fourth-order valence-electron chi connectivity index (χ4n) is 3.12. The molecule has 5 nitrogen and oxygen atoms in total. The average molecular weight is 292 g/mol. The first-order valence-electron chi connectivity index (χ1n) is 7.36. The Balaban J connectivity index is 2.16. The SMILES string of the molecule is COc1cc(C(=O)NC2(CO)CCCC(C)C2)ccc1N. The quantitative estimate of drug-likeness (QED) is 0.741. The van der Waals surface area contributed by atoms with Crippen molar-refractivity contribution in [3.05, 3.63) is 23.8 Å². The first kappa shape index (κ1) is 15.6. The molecule has 0 radical (unpaired) electrons. The fourth-order valence-corrected chi connectivity index (χ4v) is 3.12. The van der Waals surface area contributed by atoms with Gasteiger partial charge in [-0.1, -0.05) is 19.8 Å². The van der Waals surface area contributed by atoms with Gasteiger partial charge in [-0.25, -0.2) is 0 Å². The third-order valence-corrected chi connectivity index (χ3v) is 4.27. The molecule has 0 bridgehead atoms. The highest BCUT2D eigenvalue weighted by Crippen LogP contribution is 2.32. The Hall–Kier alpha value is -1.75. The second-order valence-electron chi connectivity index (χ2n) is 6.05. The Labute approximate surface area is 125 Å². The highest BCUT2D eigenvalue weighted by molar-refractivity contribution is 5.95. The van der Waals surface area contributed by atoms with Gasteiger partial charge in [0, 0.05) is 5.56 Å². The van der Waals surface area contributed by atoms with Crippen molar-refractivity contribution in [3.63, 3.8) is 0 Å². The number of ether oxygens (including phenoxy) is 1. The lowest BCUT2D eigenvalue weighted by Gasteiger charge is -2.39. The molecule has 116 valence electrons. The van der Waals surface area contributed by atoms with Crippen LogP contribution in [0.5, 0.6) is 5.75 Å². The lowest BCUT2D eigenvalue weighted by Crippen LogP contribution is -2.53. The van der Waals surface area contributed by atoms with E-state index in [2.05, 4.69) is 12.2 Å². The zero-order chi connectivity index (χ0) is 15.5. The van der Waals surface area contributed by atoms with E-state index in [-0.39, 0.29) is 12.5 Å². The first-order chi connectivity index (χ1) is 9.99. The Morgan fingerprint density at radius 3 is 2.95 bits per heavy atom. The van der Waals surface area contributed by atoms with Gasteiger partial charge in [-0.15, -0.1) is 0 Å². The second kappa shape index (κ2) is 6.35. The Morgan fingerprint density at radius 1 is 1.57 bits per heavy atom. The van der Waals surface area contributed by atoms with E-state index in [0.29, 0.717) is 22.9 Å². The van der Waals surface area contributed by atoms with Crippen LogP contribution in [0.15, 0.2) is 18.2 Å². The molecule has 21 heavy (non-hydrogen) atoms. The second-order valence-corrected chi connectivity index (χ2v) is 6.05. The summed E-state index contributed by atoms with van der Waals surface area (Å²) >= 11 is 0. The van der Waals surface area contributed by atoms with Crippen LogP contribution in [0.25, 0.3) is 0 Å². The summed E-state index contributed by atoms with van der Waals surface area (Å²) < 4.78 is 5.14. The average Bonchev–Trinajstić information content (AvgIpc) is 2.47. The van der Waals surface area contributed by atoms with Crippen molar-refractivity contribution in [1.29, 1.82) is 0 Å². The molecule has 4 N–H and O–H groups in total. The fraction of sp³-hybridized carbons (Fsp3) is 0.562. The van der Waals surface area contributed by atoms with Crippen molar-refractivity contribution in [2.75, 3.05) is 19.5 Å². The molecule has 0 heterocycles. The molecule has 1 fully saturated rings. The lowest BCUT2D eigenvalue weighted by molar-refractivity contribution is 0.0697. The van der Waals surface area contributed by atoms with Crippen LogP contribution in [0.3, 0.4) is 0 Å². The van der Waals surface area contributed by atoms with Gasteiger partial charge in [0.2, 0.25) is 0 Å². The number of nitrogen functional groups attached to an aromatic ring is 1. The predicted octanol–water partition coefficient (Wildman–Crippen LogP) is 1.95. The number of amides is 1. The van der Waals surface area contributed by atoms with Crippen LogP contribution in [-0.2, 0) is 0 Å². The molecule has 0 aliphatic heterocycles. The molecule has 5 heteroatoms. The predicted molar refractivity (Wildman–Crippen MR) is 82.3 cm³/mol. The monoisotopic (exact) mass is 292 g/mol. The minimum atomic E-state index is -0.511. The number of nitrogens with two attached hydrogens (primary N) is 1. The van der Waals surface area contributed by atoms with Gasteiger partial charge in [0.15, 0.2) is 0 Å². The first-order valence-corrected chi connectivity index (χ1v) is 7.36. The number of nitrogens with one attached hydrogen (secondary N) is 1. The molecule has 1 saturated carbocycles. The topological polar surface area (TPSA) is 84.6 Å². The molecule has 1 aliphatic rings. The normalized spacial score (nSPS) is 25.4. The van der Waals surface area contributed by atoms with Crippen molar-refractivity contribution in [3.8, 4) is 5.75 Å². The van der Waals surface area contributed by atoms with Gasteiger partial charge in [0.25, 0.3) is 5.91 Å². The smallest absolute Gasteiger partial charge is 0.251 e. The zero-order valence-corrected chi connectivity index (χ0v) is 12.7. The third-order valence-electron chi connectivity index (χ3n) is 4.27. The highest BCUT2D eigenvalue weighted by Gasteiger charge is 2.36. The molecule has 0 spiro atoms. The van der Waals surface area contributed by atoms with E-state index < -0.39 is 5.54 Å². The molecule has 2 rings (SSSR count). The van der Waals surface area contributed by atoms with Crippen molar-refractivity contribution in [2.24, 2.45) is 5.92 Å². The van der Waals surface area contributed by atoms with E-state index in [4.69, 9.17) is 10.5 Å². The number of carbonyl (C=O) groups is 1. The van der Waals surface area contributed by atoms with Crippen LogP contribution in [0.4, 0.5) is 5.69 Å².